The molecule has 1 unspecified atom stereocenters. The summed E-state index contributed by atoms with van der Waals surface area (Å²) in [6, 6.07) is 13.9. The first-order chi connectivity index (χ1) is 15.0. The molecule has 0 bridgehead atoms. The first kappa shape index (κ1) is 21.3. The van der Waals surface area contributed by atoms with Gasteiger partial charge in [-0.1, -0.05) is 35.5 Å². The van der Waals surface area contributed by atoms with Crippen molar-refractivity contribution in [2.75, 3.05) is 38.7 Å². The van der Waals surface area contributed by atoms with Gasteiger partial charge < -0.3 is 19.6 Å². The van der Waals surface area contributed by atoms with Crippen LogP contribution in [-0.2, 0) is 24.4 Å². The maximum absolute atomic E-state index is 13.0. The number of rotatable bonds is 6. The Hall–Kier alpha value is -2.95. The number of methoxy groups -OCH3 is 1. The molecular weight excluding hydrogens is 422 g/mol. The zero-order valence-corrected chi connectivity index (χ0v) is 17.8. The second-order valence-electron chi connectivity index (χ2n) is 7.08. The molecule has 2 aromatic rings. The standard InChI is InChI=1S/C21H23N3O6S/c1-28-19-8-7-16(31(26,27)24-9-11-29-12-10-24)13-17(19)22-21(25)18-14-20(30-23-18)15-5-3-2-4-6-15/h2-8,13,20H,9-12,14H2,1H3,(H,22,25). The van der Waals surface area contributed by atoms with Gasteiger partial charge in [0.25, 0.3) is 5.91 Å². The molecule has 0 aliphatic carbocycles. The molecule has 2 aliphatic heterocycles. The number of carbonyl (C=O) groups excluding carboxylic acids is 1. The van der Waals surface area contributed by atoms with Crippen LogP contribution in [0.3, 0.4) is 0 Å². The molecule has 1 saturated heterocycles. The number of morpholine rings is 1. The monoisotopic (exact) mass is 445 g/mol. The largest absolute Gasteiger partial charge is 0.495 e. The average Bonchev–Trinajstić information content (AvgIpc) is 3.31. The number of nitrogens with zero attached hydrogens (tertiary/aromatic N) is 2. The van der Waals surface area contributed by atoms with Crippen molar-refractivity contribution in [3.05, 3.63) is 54.1 Å². The number of anilines is 1. The molecule has 31 heavy (non-hydrogen) atoms. The average molecular weight is 445 g/mol. The van der Waals surface area contributed by atoms with E-state index in [4.69, 9.17) is 14.3 Å². The van der Waals surface area contributed by atoms with Crippen molar-refractivity contribution in [2.45, 2.75) is 17.4 Å². The van der Waals surface area contributed by atoms with Crippen LogP contribution in [0.4, 0.5) is 5.69 Å². The molecule has 0 aromatic heterocycles. The Balaban J connectivity index is 1.51. The van der Waals surface area contributed by atoms with Gasteiger partial charge in [-0.3, -0.25) is 4.79 Å². The highest BCUT2D eigenvalue weighted by Crippen LogP contribution is 2.31. The van der Waals surface area contributed by atoms with Crippen LogP contribution in [0.1, 0.15) is 18.1 Å². The Labute approximate surface area is 180 Å². The minimum absolute atomic E-state index is 0.0669. The van der Waals surface area contributed by atoms with Gasteiger partial charge in [0.2, 0.25) is 10.0 Å². The molecular formula is C21H23N3O6S. The summed E-state index contributed by atoms with van der Waals surface area (Å²) in [6.45, 7) is 1.26. The molecule has 164 valence electrons. The highest BCUT2D eigenvalue weighted by atomic mass is 32.2. The maximum atomic E-state index is 13.0. The molecule has 1 atom stereocenters. The van der Waals surface area contributed by atoms with Gasteiger partial charge in [-0.15, -0.1) is 0 Å². The molecule has 1 amide bonds. The zero-order chi connectivity index (χ0) is 21.8. The molecule has 0 saturated carbocycles. The number of nitrogens with one attached hydrogen (secondary N) is 1. The Morgan fingerprint density at radius 2 is 1.90 bits per heavy atom. The van der Waals surface area contributed by atoms with Crippen LogP contribution in [0.2, 0.25) is 0 Å². The van der Waals surface area contributed by atoms with Gasteiger partial charge in [0.05, 0.1) is 30.9 Å². The Morgan fingerprint density at radius 3 is 2.61 bits per heavy atom. The fourth-order valence-corrected chi connectivity index (χ4v) is 4.87. The summed E-state index contributed by atoms with van der Waals surface area (Å²) >= 11 is 0. The second-order valence-corrected chi connectivity index (χ2v) is 9.02. The molecule has 0 spiro atoms. The van der Waals surface area contributed by atoms with Gasteiger partial charge in [-0.2, -0.15) is 4.31 Å². The van der Waals surface area contributed by atoms with E-state index in [1.807, 2.05) is 30.3 Å². The fraction of sp³-hybridized carbons (Fsp3) is 0.333. The van der Waals surface area contributed by atoms with Crippen LogP contribution in [0.5, 0.6) is 5.75 Å². The maximum Gasteiger partial charge on any atom is 0.273 e. The highest BCUT2D eigenvalue weighted by Gasteiger charge is 2.30. The van der Waals surface area contributed by atoms with E-state index >= 15 is 0 Å². The predicted molar refractivity (Wildman–Crippen MR) is 114 cm³/mol. The van der Waals surface area contributed by atoms with E-state index in [1.165, 1.54) is 29.6 Å². The quantitative estimate of drug-likeness (QED) is 0.730. The van der Waals surface area contributed by atoms with Crippen molar-refractivity contribution in [3.8, 4) is 5.75 Å². The molecule has 0 radical (unpaired) electrons. The molecule has 2 aliphatic rings. The molecule has 2 heterocycles. The lowest BCUT2D eigenvalue weighted by molar-refractivity contribution is -0.110. The zero-order valence-electron chi connectivity index (χ0n) is 17.0. The first-order valence-corrected chi connectivity index (χ1v) is 11.3. The number of carbonyl (C=O) groups is 1. The van der Waals surface area contributed by atoms with Crippen LogP contribution in [0, 0.1) is 0 Å². The van der Waals surface area contributed by atoms with Crippen LogP contribution in [0.15, 0.2) is 58.6 Å². The van der Waals surface area contributed by atoms with E-state index in [9.17, 15) is 13.2 Å². The third-order valence-corrected chi connectivity index (χ3v) is 7.02. The van der Waals surface area contributed by atoms with Crippen molar-refractivity contribution in [1.82, 2.24) is 4.31 Å². The van der Waals surface area contributed by atoms with E-state index in [0.29, 0.717) is 25.4 Å². The Kier molecular flexibility index (Phi) is 6.21. The Morgan fingerprint density at radius 1 is 1.16 bits per heavy atom. The normalized spacial score (nSPS) is 19.4. The number of amides is 1. The summed E-state index contributed by atoms with van der Waals surface area (Å²) in [6.07, 6.45) is -0.0268. The van der Waals surface area contributed by atoms with Gasteiger partial charge in [-0.05, 0) is 23.8 Å². The smallest absolute Gasteiger partial charge is 0.273 e. The van der Waals surface area contributed by atoms with Crippen molar-refractivity contribution in [1.29, 1.82) is 0 Å². The summed E-state index contributed by atoms with van der Waals surface area (Å²) in [5.41, 5.74) is 1.38. The fourth-order valence-electron chi connectivity index (χ4n) is 3.43. The van der Waals surface area contributed by atoms with Gasteiger partial charge >= 0.3 is 0 Å². The summed E-state index contributed by atoms with van der Waals surface area (Å²) in [5, 5.41) is 6.62. The number of hydrogen-bond acceptors (Lipinski definition) is 7. The Bertz CT molecular complexity index is 1080. The van der Waals surface area contributed by atoms with E-state index in [-0.39, 0.29) is 35.5 Å². The number of hydrogen-bond donors (Lipinski definition) is 1. The van der Waals surface area contributed by atoms with E-state index in [1.54, 1.807) is 0 Å². The van der Waals surface area contributed by atoms with Crippen LogP contribution in [0.25, 0.3) is 0 Å². The minimum Gasteiger partial charge on any atom is -0.495 e. The predicted octanol–water partition coefficient (Wildman–Crippen LogP) is 2.17. The summed E-state index contributed by atoms with van der Waals surface area (Å²) in [4.78, 5) is 18.2. The number of benzene rings is 2. The number of ether oxygens (including phenoxy) is 2. The number of sulfonamides is 1. The summed E-state index contributed by atoms with van der Waals surface area (Å²) < 4.78 is 37.8. The molecule has 2 aromatic carbocycles. The number of oxime groups is 1. The molecule has 10 heteroatoms. The molecule has 9 nitrogen and oxygen atoms in total. The van der Waals surface area contributed by atoms with E-state index < -0.39 is 15.9 Å². The van der Waals surface area contributed by atoms with Crippen molar-refractivity contribution >= 4 is 27.3 Å². The van der Waals surface area contributed by atoms with Gasteiger partial charge in [0.15, 0.2) is 6.10 Å². The summed E-state index contributed by atoms with van der Waals surface area (Å²) in [7, 11) is -2.27. The lowest BCUT2D eigenvalue weighted by Crippen LogP contribution is -2.40. The molecule has 1 fully saturated rings. The van der Waals surface area contributed by atoms with Crippen LogP contribution in [-0.4, -0.2) is 57.8 Å². The lowest BCUT2D eigenvalue weighted by atomic mass is 10.0. The van der Waals surface area contributed by atoms with Crippen molar-refractivity contribution in [2.24, 2.45) is 5.16 Å². The van der Waals surface area contributed by atoms with E-state index in [2.05, 4.69) is 10.5 Å². The SMILES string of the molecule is COc1ccc(S(=O)(=O)N2CCOCC2)cc1NC(=O)C1=NOC(c2ccccc2)C1. The van der Waals surface area contributed by atoms with E-state index in [0.717, 1.165) is 5.56 Å². The lowest BCUT2D eigenvalue weighted by Gasteiger charge is -2.26. The van der Waals surface area contributed by atoms with Gasteiger partial charge in [0, 0.05) is 19.5 Å². The third-order valence-electron chi connectivity index (χ3n) is 5.13. The van der Waals surface area contributed by atoms with Crippen LogP contribution >= 0.6 is 0 Å². The minimum atomic E-state index is -3.72. The van der Waals surface area contributed by atoms with Gasteiger partial charge in [0.1, 0.15) is 11.5 Å². The second kappa shape index (κ2) is 9.04. The first-order valence-electron chi connectivity index (χ1n) is 9.84. The highest BCUT2D eigenvalue weighted by molar-refractivity contribution is 7.89. The summed E-state index contributed by atoms with van der Waals surface area (Å²) in [5.74, 6) is -0.133. The van der Waals surface area contributed by atoms with Crippen molar-refractivity contribution < 1.29 is 27.5 Å². The molecule has 4 rings (SSSR count). The van der Waals surface area contributed by atoms with Crippen molar-refractivity contribution in [3.63, 3.8) is 0 Å². The third kappa shape index (κ3) is 4.55. The van der Waals surface area contributed by atoms with Crippen LogP contribution < -0.4 is 10.1 Å². The molecule has 1 N–H and O–H groups in total. The van der Waals surface area contributed by atoms with Gasteiger partial charge in [-0.25, -0.2) is 8.42 Å². The topological polar surface area (TPSA) is 107 Å².